The molecule has 0 unspecified atom stereocenters. The number of thiazole rings is 1. The predicted molar refractivity (Wildman–Crippen MR) is 89.5 cm³/mol. The molecule has 1 N–H and O–H groups in total. The molecule has 0 radical (unpaired) electrons. The lowest BCUT2D eigenvalue weighted by molar-refractivity contribution is -0.120. The molecule has 3 aromatic heterocycles. The zero-order chi connectivity index (χ0) is 16.6. The van der Waals surface area contributed by atoms with Crippen LogP contribution in [0.25, 0.3) is 10.8 Å². The van der Waals surface area contributed by atoms with Gasteiger partial charge in [-0.05, 0) is 30.7 Å². The lowest BCUT2D eigenvalue weighted by Crippen LogP contribution is -2.26. The number of nitrogens with zero attached hydrogens (tertiary/aromatic N) is 1. The molecule has 7 heteroatoms. The SMILES string of the molecule is O=C(Cc1csc(-c2ccco2)n1)NCCCOCc1ccco1. The molecule has 0 aromatic carbocycles. The van der Waals surface area contributed by atoms with E-state index in [-0.39, 0.29) is 12.3 Å². The Morgan fingerprint density at radius 3 is 2.92 bits per heavy atom. The highest BCUT2D eigenvalue weighted by Crippen LogP contribution is 2.23. The number of amides is 1. The van der Waals surface area contributed by atoms with Gasteiger partial charge >= 0.3 is 0 Å². The zero-order valence-corrected chi connectivity index (χ0v) is 13.9. The van der Waals surface area contributed by atoms with E-state index in [1.54, 1.807) is 12.5 Å². The third-order valence-electron chi connectivity index (χ3n) is 3.24. The third kappa shape index (κ3) is 4.81. The Labute approximate surface area is 143 Å². The van der Waals surface area contributed by atoms with Crippen LogP contribution in [0.5, 0.6) is 0 Å². The highest BCUT2D eigenvalue weighted by Gasteiger charge is 2.10. The van der Waals surface area contributed by atoms with Crippen LogP contribution in [-0.4, -0.2) is 24.0 Å². The van der Waals surface area contributed by atoms with Crippen molar-refractivity contribution in [3.63, 3.8) is 0 Å². The number of nitrogens with one attached hydrogen (secondary N) is 1. The average Bonchev–Trinajstić information content (AvgIpc) is 3.31. The summed E-state index contributed by atoms with van der Waals surface area (Å²) in [5, 5.41) is 5.53. The van der Waals surface area contributed by atoms with Crippen LogP contribution < -0.4 is 5.32 Å². The van der Waals surface area contributed by atoms with Gasteiger partial charge in [-0.15, -0.1) is 11.3 Å². The Morgan fingerprint density at radius 2 is 2.12 bits per heavy atom. The third-order valence-corrected chi connectivity index (χ3v) is 4.14. The number of carbonyl (C=O) groups is 1. The highest BCUT2D eigenvalue weighted by molar-refractivity contribution is 7.13. The largest absolute Gasteiger partial charge is 0.467 e. The van der Waals surface area contributed by atoms with Crippen LogP contribution in [0.3, 0.4) is 0 Å². The van der Waals surface area contributed by atoms with Crippen molar-refractivity contribution < 1.29 is 18.4 Å². The molecule has 3 heterocycles. The van der Waals surface area contributed by atoms with E-state index in [0.29, 0.717) is 19.8 Å². The van der Waals surface area contributed by atoms with Crippen LogP contribution in [0.4, 0.5) is 0 Å². The molecular weight excluding hydrogens is 328 g/mol. The second-order valence-electron chi connectivity index (χ2n) is 5.13. The first-order valence-corrected chi connectivity index (χ1v) is 8.54. The maximum Gasteiger partial charge on any atom is 0.226 e. The van der Waals surface area contributed by atoms with E-state index in [0.717, 1.165) is 28.6 Å². The number of aromatic nitrogens is 1. The van der Waals surface area contributed by atoms with Crippen molar-refractivity contribution in [2.45, 2.75) is 19.4 Å². The van der Waals surface area contributed by atoms with Crippen LogP contribution in [-0.2, 0) is 22.6 Å². The van der Waals surface area contributed by atoms with Crippen molar-refractivity contribution in [3.8, 4) is 10.8 Å². The normalized spacial score (nSPS) is 10.8. The molecule has 0 saturated carbocycles. The maximum absolute atomic E-state index is 11.9. The van der Waals surface area contributed by atoms with Gasteiger partial charge in [-0.3, -0.25) is 4.79 Å². The summed E-state index contributed by atoms with van der Waals surface area (Å²) in [7, 11) is 0. The first-order valence-electron chi connectivity index (χ1n) is 7.66. The van der Waals surface area contributed by atoms with Crippen molar-refractivity contribution in [2.24, 2.45) is 0 Å². The summed E-state index contributed by atoms with van der Waals surface area (Å²) in [6.45, 7) is 1.60. The van der Waals surface area contributed by atoms with Crippen molar-refractivity contribution in [2.75, 3.05) is 13.2 Å². The Bertz CT molecular complexity index is 735. The molecule has 0 aliphatic rings. The molecule has 0 atom stereocenters. The number of furan rings is 2. The molecule has 24 heavy (non-hydrogen) atoms. The Balaban J connectivity index is 1.31. The molecule has 0 bridgehead atoms. The molecule has 0 saturated heterocycles. The molecule has 0 spiro atoms. The summed E-state index contributed by atoms with van der Waals surface area (Å²) >= 11 is 1.47. The van der Waals surface area contributed by atoms with Gasteiger partial charge in [0.1, 0.15) is 12.4 Å². The van der Waals surface area contributed by atoms with E-state index in [2.05, 4.69) is 10.3 Å². The van der Waals surface area contributed by atoms with E-state index in [1.165, 1.54) is 11.3 Å². The van der Waals surface area contributed by atoms with E-state index >= 15 is 0 Å². The number of carbonyl (C=O) groups excluding carboxylic acids is 1. The highest BCUT2D eigenvalue weighted by atomic mass is 32.1. The quantitative estimate of drug-likeness (QED) is 0.602. The molecule has 1 amide bonds. The van der Waals surface area contributed by atoms with Crippen molar-refractivity contribution in [1.82, 2.24) is 10.3 Å². The average molecular weight is 346 g/mol. The van der Waals surface area contributed by atoms with Gasteiger partial charge in [0.05, 0.1) is 24.6 Å². The molecule has 126 valence electrons. The lowest BCUT2D eigenvalue weighted by Gasteiger charge is -2.04. The van der Waals surface area contributed by atoms with E-state index in [1.807, 2.05) is 29.6 Å². The standard InChI is InChI=1S/C17H18N2O4S/c20-16(18-6-3-7-21-11-14-4-1-8-22-14)10-13-12-24-17(19-13)15-5-2-9-23-15/h1-2,4-5,8-9,12H,3,6-7,10-11H2,(H,18,20). The minimum atomic E-state index is -0.0441. The topological polar surface area (TPSA) is 77.5 Å². The Morgan fingerprint density at radius 1 is 1.25 bits per heavy atom. The van der Waals surface area contributed by atoms with Crippen LogP contribution in [0.2, 0.25) is 0 Å². The maximum atomic E-state index is 11.9. The zero-order valence-electron chi connectivity index (χ0n) is 13.1. The molecule has 0 aliphatic carbocycles. The van der Waals surface area contributed by atoms with E-state index in [9.17, 15) is 4.79 Å². The summed E-state index contributed by atoms with van der Waals surface area (Å²) in [5.74, 6) is 1.48. The Kier molecular flexibility index (Phi) is 5.81. The first-order chi connectivity index (χ1) is 11.8. The summed E-state index contributed by atoms with van der Waals surface area (Å²) in [6.07, 6.45) is 4.25. The van der Waals surface area contributed by atoms with Gasteiger partial charge in [-0.25, -0.2) is 4.98 Å². The van der Waals surface area contributed by atoms with Crippen LogP contribution in [0.15, 0.2) is 51.0 Å². The van der Waals surface area contributed by atoms with Gasteiger partial charge in [0.25, 0.3) is 0 Å². The van der Waals surface area contributed by atoms with Gasteiger partial charge in [-0.2, -0.15) is 0 Å². The van der Waals surface area contributed by atoms with Gasteiger partial charge in [0.2, 0.25) is 5.91 Å². The van der Waals surface area contributed by atoms with Crippen LogP contribution in [0.1, 0.15) is 17.9 Å². The van der Waals surface area contributed by atoms with E-state index in [4.69, 9.17) is 13.6 Å². The predicted octanol–water partition coefficient (Wildman–Crippen LogP) is 3.26. The summed E-state index contributed by atoms with van der Waals surface area (Å²) in [4.78, 5) is 16.3. The number of rotatable bonds is 9. The number of hydrogen-bond acceptors (Lipinski definition) is 6. The molecular formula is C17H18N2O4S. The molecule has 3 aromatic rings. The summed E-state index contributed by atoms with van der Waals surface area (Å²) in [5.41, 5.74) is 0.748. The van der Waals surface area contributed by atoms with E-state index < -0.39 is 0 Å². The number of hydrogen-bond donors (Lipinski definition) is 1. The van der Waals surface area contributed by atoms with Gasteiger partial charge in [0, 0.05) is 18.5 Å². The molecule has 6 nitrogen and oxygen atoms in total. The fraction of sp³-hybridized carbons (Fsp3) is 0.294. The van der Waals surface area contributed by atoms with Crippen molar-refractivity contribution in [3.05, 3.63) is 53.6 Å². The first kappa shape index (κ1) is 16.5. The fourth-order valence-electron chi connectivity index (χ4n) is 2.10. The summed E-state index contributed by atoms with van der Waals surface area (Å²) in [6, 6.07) is 7.36. The molecule has 3 rings (SSSR count). The number of ether oxygens (including phenoxy) is 1. The fourth-order valence-corrected chi connectivity index (χ4v) is 2.88. The minimum Gasteiger partial charge on any atom is -0.467 e. The van der Waals surface area contributed by atoms with Gasteiger partial charge < -0.3 is 18.9 Å². The smallest absolute Gasteiger partial charge is 0.226 e. The van der Waals surface area contributed by atoms with Gasteiger partial charge in [-0.1, -0.05) is 0 Å². The summed E-state index contributed by atoms with van der Waals surface area (Å²) < 4.78 is 15.9. The van der Waals surface area contributed by atoms with Crippen LogP contribution >= 0.6 is 11.3 Å². The lowest BCUT2D eigenvalue weighted by atomic mass is 10.3. The minimum absolute atomic E-state index is 0.0441. The van der Waals surface area contributed by atoms with Crippen molar-refractivity contribution >= 4 is 17.2 Å². The molecule has 0 fully saturated rings. The Hall–Kier alpha value is -2.38. The second kappa shape index (κ2) is 8.47. The van der Waals surface area contributed by atoms with Crippen molar-refractivity contribution in [1.29, 1.82) is 0 Å². The van der Waals surface area contributed by atoms with Gasteiger partial charge in [0.15, 0.2) is 10.8 Å². The second-order valence-corrected chi connectivity index (χ2v) is 5.99. The van der Waals surface area contributed by atoms with Crippen LogP contribution in [0, 0.1) is 0 Å². The monoisotopic (exact) mass is 346 g/mol. The molecule has 0 aliphatic heterocycles.